The zero-order valence-corrected chi connectivity index (χ0v) is 10.8. The lowest BCUT2D eigenvalue weighted by atomic mass is 9.63. The predicted octanol–water partition coefficient (Wildman–Crippen LogP) is 5.52. The summed E-state index contributed by atoms with van der Waals surface area (Å²) in [6.07, 6.45) is 7.24. The molecule has 0 aromatic rings. The zero-order valence-electron chi connectivity index (χ0n) is 10.8. The average Bonchev–Trinajstić information content (AvgIpc) is 2.01. The molecular weight excluding hydrogens is 180 g/mol. The van der Waals surface area contributed by atoms with Crippen LogP contribution in [0.15, 0.2) is 0 Å². The van der Waals surface area contributed by atoms with Crippen molar-refractivity contribution in [2.75, 3.05) is 0 Å². The van der Waals surface area contributed by atoms with E-state index in [4.69, 9.17) is 0 Å². The molecule has 0 unspecified atom stereocenters. The second-order valence-corrected chi connectivity index (χ2v) is 6.36. The van der Waals surface area contributed by atoms with Gasteiger partial charge < -0.3 is 0 Å². The van der Waals surface area contributed by atoms with E-state index < -0.39 is 0 Å². The van der Waals surface area contributed by atoms with Crippen molar-refractivity contribution in [1.29, 1.82) is 0 Å². The van der Waals surface area contributed by atoms with E-state index >= 15 is 0 Å². The van der Waals surface area contributed by atoms with E-state index in [2.05, 4.69) is 34.6 Å². The second-order valence-electron chi connectivity index (χ2n) is 6.36. The summed E-state index contributed by atoms with van der Waals surface area (Å²) in [7, 11) is 0. The minimum atomic E-state index is 0. The van der Waals surface area contributed by atoms with Crippen LogP contribution in [0.2, 0.25) is 0 Å². The molecule has 0 bridgehead atoms. The van der Waals surface area contributed by atoms with Gasteiger partial charge in [-0.15, -0.1) is 0 Å². The Morgan fingerprint density at radius 1 is 0.933 bits per heavy atom. The van der Waals surface area contributed by atoms with Crippen LogP contribution < -0.4 is 0 Å². The van der Waals surface area contributed by atoms with Crippen LogP contribution in [0.3, 0.4) is 0 Å². The van der Waals surface area contributed by atoms with Crippen LogP contribution in [0.4, 0.5) is 0 Å². The Kier molecular flexibility index (Phi) is 5.92. The van der Waals surface area contributed by atoms with E-state index in [0.29, 0.717) is 0 Å². The molecule has 0 aromatic carbocycles. The van der Waals surface area contributed by atoms with Crippen LogP contribution in [0.5, 0.6) is 0 Å². The maximum Gasteiger partial charge on any atom is -0.0323 e. The molecule has 0 spiro atoms. The molecule has 0 aliphatic heterocycles. The summed E-state index contributed by atoms with van der Waals surface area (Å²) in [5.41, 5.74) is 0.736. The molecule has 0 heterocycles. The summed E-state index contributed by atoms with van der Waals surface area (Å²) in [5.74, 6) is 3.10. The Morgan fingerprint density at radius 2 is 1.33 bits per heavy atom. The number of hydrogen-bond donors (Lipinski definition) is 0. The smallest absolute Gasteiger partial charge is 0.0323 e. The van der Waals surface area contributed by atoms with E-state index in [-0.39, 0.29) is 7.43 Å². The lowest BCUT2D eigenvalue weighted by Gasteiger charge is -2.43. The maximum atomic E-state index is 2.40. The van der Waals surface area contributed by atoms with E-state index in [0.717, 1.165) is 23.2 Å². The average molecular weight is 212 g/mol. The predicted molar refractivity (Wildman–Crippen MR) is 71.1 cm³/mol. The third-order valence-electron chi connectivity index (χ3n) is 4.15. The van der Waals surface area contributed by atoms with Gasteiger partial charge in [-0.3, -0.25) is 0 Å². The molecule has 2 fully saturated rings. The summed E-state index contributed by atoms with van der Waals surface area (Å²) >= 11 is 0. The van der Waals surface area contributed by atoms with Crippen molar-refractivity contribution >= 4 is 0 Å². The fourth-order valence-electron chi connectivity index (χ4n) is 3.22. The van der Waals surface area contributed by atoms with Crippen molar-refractivity contribution in [2.24, 2.45) is 23.2 Å². The first kappa shape index (κ1) is 15.0. The van der Waals surface area contributed by atoms with Gasteiger partial charge in [-0.1, -0.05) is 48.5 Å². The molecule has 0 saturated heterocycles. The van der Waals surface area contributed by atoms with Gasteiger partial charge in [0.2, 0.25) is 0 Å². The molecule has 92 valence electrons. The summed E-state index contributed by atoms with van der Waals surface area (Å²) in [4.78, 5) is 0. The summed E-state index contributed by atoms with van der Waals surface area (Å²) in [6.45, 7) is 11.7. The summed E-state index contributed by atoms with van der Waals surface area (Å²) in [6, 6.07) is 0. The third-order valence-corrected chi connectivity index (χ3v) is 4.15. The Labute approximate surface area is 97.8 Å². The fourth-order valence-corrected chi connectivity index (χ4v) is 3.22. The van der Waals surface area contributed by atoms with E-state index in [1.165, 1.54) is 32.1 Å². The van der Waals surface area contributed by atoms with Gasteiger partial charge in [0.05, 0.1) is 0 Å². The second kappa shape index (κ2) is 5.92. The first-order valence-corrected chi connectivity index (χ1v) is 6.45. The van der Waals surface area contributed by atoms with E-state index in [1.807, 2.05) is 0 Å². The first-order chi connectivity index (χ1) is 6.45. The SMILES string of the molecule is C.CC1CC(C)C1.CCC1(C)CC(C)C1. The largest absolute Gasteiger partial charge is 0.0776 e. The van der Waals surface area contributed by atoms with Gasteiger partial charge in [0.1, 0.15) is 0 Å². The van der Waals surface area contributed by atoms with Crippen molar-refractivity contribution in [1.82, 2.24) is 0 Å². The van der Waals surface area contributed by atoms with Gasteiger partial charge >= 0.3 is 0 Å². The quantitative estimate of drug-likeness (QED) is 0.537. The van der Waals surface area contributed by atoms with E-state index in [1.54, 1.807) is 0 Å². The maximum absolute atomic E-state index is 2.40. The molecule has 0 radical (unpaired) electrons. The molecule has 2 aliphatic rings. The van der Waals surface area contributed by atoms with Crippen LogP contribution in [0.25, 0.3) is 0 Å². The minimum Gasteiger partial charge on any atom is -0.0776 e. The molecule has 2 rings (SSSR count). The van der Waals surface area contributed by atoms with Gasteiger partial charge in [0.25, 0.3) is 0 Å². The van der Waals surface area contributed by atoms with Gasteiger partial charge in [0.15, 0.2) is 0 Å². The topological polar surface area (TPSA) is 0 Å². The van der Waals surface area contributed by atoms with Crippen LogP contribution >= 0.6 is 0 Å². The van der Waals surface area contributed by atoms with Gasteiger partial charge in [-0.2, -0.15) is 0 Å². The standard InChI is InChI=1S/C8H16.C6H12.CH4/c1-4-8(3)5-7(2)6-8;1-5-3-6(2)4-5;/h7H,4-6H2,1-3H3;5-6H,3-4H2,1-2H3;1H4. The van der Waals surface area contributed by atoms with Crippen molar-refractivity contribution in [2.45, 2.75) is 74.1 Å². The highest BCUT2D eigenvalue weighted by Gasteiger charge is 2.35. The van der Waals surface area contributed by atoms with Crippen molar-refractivity contribution in [3.8, 4) is 0 Å². The van der Waals surface area contributed by atoms with E-state index in [9.17, 15) is 0 Å². The lowest BCUT2D eigenvalue weighted by molar-refractivity contribution is 0.0836. The highest BCUT2D eigenvalue weighted by Crippen LogP contribution is 2.47. The van der Waals surface area contributed by atoms with Crippen LogP contribution in [0.1, 0.15) is 74.1 Å². The van der Waals surface area contributed by atoms with Crippen LogP contribution in [0, 0.1) is 23.2 Å². The summed E-state index contributed by atoms with van der Waals surface area (Å²) < 4.78 is 0. The molecule has 0 N–H and O–H groups in total. The van der Waals surface area contributed by atoms with Crippen molar-refractivity contribution in [3.05, 3.63) is 0 Å². The van der Waals surface area contributed by atoms with Gasteiger partial charge in [-0.25, -0.2) is 0 Å². The first-order valence-electron chi connectivity index (χ1n) is 6.45. The monoisotopic (exact) mass is 212 g/mol. The highest BCUT2D eigenvalue weighted by atomic mass is 14.4. The third kappa shape index (κ3) is 4.57. The molecule has 2 aliphatic carbocycles. The Bertz CT molecular complexity index is 153. The van der Waals surface area contributed by atoms with Crippen molar-refractivity contribution < 1.29 is 0 Å². The summed E-state index contributed by atoms with van der Waals surface area (Å²) in [5, 5.41) is 0. The Balaban J connectivity index is 0.000000253. The molecule has 0 aromatic heterocycles. The molecular formula is C15H32. The number of rotatable bonds is 1. The zero-order chi connectivity index (χ0) is 10.8. The van der Waals surface area contributed by atoms with Gasteiger partial charge in [0, 0.05) is 0 Å². The Morgan fingerprint density at radius 3 is 1.40 bits per heavy atom. The highest BCUT2D eigenvalue weighted by molar-refractivity contribution is 4.86. The Hall–Kier alpha value is 0. The molecule has 0 atom stereocenters. The lowest BCUT2D eigenvalue weighted by Crippen LogP contribution is -2.31. The van der Waals surface area contributed by atoms with Crippen LogP contribution in [-0.2, 0) is 0 Å². The minimum absolute atomic E-state index is 0. The fraction of sp³-hybridized carbons (Fsp3) is 1.00. The molecule has 15 heavy (non-hydrogen) atoms. The normalized spacial score (nSPS) is 42.6. The molecule has 0 nitrogen and oxygen atoms in total. The molecule has 0 heteroatoms. The van der Waals surface area contributed by atoms with Crippen molar-refractivity contribution in [3.63, 3.8) is 0 Å². The number of hydrogen-bond acceptors (Lipinski definition) is 0. The molecule has 0 amide bonds. The molecule has 2 saturated carbocycles. The van der Waals surface area contributed by atoms with Gasteiger partial charge in [-0.05, 0) is 48.9 Å². The van der Waals surface area contributed by atoms with Crippen LogP contribution in [-0.4, -0.2) is 0 Å².